The number of carbonyl (C=O) groups is 1. The molecule has 1 rings (SSSR count). The van der Waals surface area contributed by atoms with Crippen molar-refractivity contribution in [1.29, 1.82) is 5.26 Å². The fourth-order valence-corrected chi connectivity index (χ4v) is 2.38. The molecule has 4 heteroatoms. The van der Waals surface area contributed by atoms with Crippen LogP contribution >= 0.6 is 11.8 Å². The quantitative estimate of drug-likeness (QED) is 0.740. The maximum Gasteiger partial charge on any atom is 0.233 e. The lowest BCUT2D eigenvalue weighted by Crippen LogP contribution is -2.34. The zero-order valence-corrected chi connectivity index (χ0v) is 8.56. The number of hydrogen-bond acceptors (Lipinski definition) is 3. The van der Waals surface area contributed by atoms with Gasteiger partial charge in [-0.05, 0) is 25.5 Å². The molecule has 2 unspecified atom stereocenters. The highest BCUT2D eigenvalue weighted by Gasteiger charge is 2.23. The summed E-state index contributed by atoms with van der Waals surface area (Å²) in [7, 11) is 0. The van der Waals surface area contributed by atoms with Crippen LogP contribution in [0.25, 0.3) is 0 Å². The van der Waals surface area contributed by atoms with Crippen LogP contribution < -0.4 is 5.32 Å². The van der Waals surface area contributed by atoms with E-state index in [0.717, 1.165) is 18.6 Å². The minimum absolute atomic E-state index is 0.0876. The first kappa shape index (κ1) is 10.4. The Kier molecular flexibility index (Phi) is 4.10. The maximum absolute atomic E-state index is 11.4. The lowest BCUT2D eigenvalue weighted by atomic mass is 10.2. The Morgan fingerprint density at radius 3 is 3.15 bits per heavy atom. The van der Waals surface area contributed by atoms with Crippen molar-refractivity contribution >= 4 is 17.7 Å². The first-order valence-corrected chi connectivity index (χ1v) is 5.58. The van der Waals surface area contributed by atoms with Crippen molar-refractivity contribution in [3.63, 3.8) is 0 Å². The fourth-order valence-electron chi connectivity index (χ4n) is 1.20. The SMILES string of the molecule is CC(C#N)CNC(=O)C1CCCS1. The van der Waals surface area contributed by atoms with Crippen molar-refractivity contribution in [3.8, 4) is 6.07 Å². The highest BCUT2D eigenvalue weighted by Crippen LogP contribution is 2.25. The molecule has 13 heavy (non-hydrogen) atoms. The zero-order chi connectivity index (χ0) is 9.68. The predicted octanol–water partition coefficient (Wildman–Crippen LogP) is 1.16. The molecule has 1 heterocycles. The van der Waals surface area contributed by atoms with Gasteiger partial charge in [-0.15, -0.1) is 11.8 Å². The van der Waals surface area contributed by atoms with Crippen LogP contribution in [0, 0.1) is 17.2 Å². The van der Waals surface area contributed by atoms with Gasteiger partial charge in [-0.25, -0.2) is 0 Å². The largest absolute Gasteiger partial charge is 0.354 e. The Labute approximate surface area is 82.9 Å². The molecule has 0 saturated carbocycles. The molecule has 72 valence electrons. The van der Waals surface area contributed by atoms with Crippen LogP contribution in [-0.4, -0.2) is 23.5 Å². The third-order valence-corrected chi connectivity index (χ3v) is 3.40. The topological polar surface area (TPSA) is 52.9 Å². The van der Waals surface area contributed by atoms with Crippen LogP contribution in [0.3, 0.4) is 0 Å². The van der Waals surface area contributed by atoms with Crippen molar-refractivity contribution in [2.75, 3.05) is 12.3 Å². The van der Waals surface area contributed by atoms with Crippen LogP contribution in [0.5, 0.6) is 0 Å². The van der Waals surface area contributed by atoms with Crippen LogP contribution in [0.15, 0.2) is 0 Å². The van der Waals surface area contributed by atoms with Crippen LogP contribution in [0.1, 0.15) is 19.8 Å². The number of carbonyl (C=O) groups excluding carboxylic acids is 1. The molecule has 1 saturated heterocycles. The second kappa shape index (κ2) is 5.13. The Morgan fingerprint density at radius 2 is 2.62 bits per heavy atom. The van der Waals surface area contributed by atoms with Crippen molar-refractivity contribution in [1.82, 2.24) is 5.32 Å². The summed E-state index contributed by atoms with van der Waals surface area (Å²) in [4.78, 5) is 11.4. The van der Waals surface area contributed by atoms with Crippen molar-refractivity contribution < 1.29 is 4.79 Å². The van der Waals surface area contributed by atoms with Gasteiger partial charge in [0.1, 0.15) is 0 Å². The Bertz CT molecular complexity index is 218. The van der Waals surface area contributed by atoms with Crippen molar-refractivity contribution in [2.45, 2.75) is 25.0 Å². The van der Waals surface area contributed by atoms with Gasteiger partial charge in [0.25, 0.3) is 0 Å². The molecule has 0 aromatic carbocycles. The third-order valence-electron chi connectivity index (χ3n) is 2.02. The minimum Gasteiger partial charge on any atom is -0.354 e. The number of rotatable bonds is 3. The van der Waals surface area contributed by atoms with Gasteiger partial charge in [0.05, 0.1) is 17.2 Å². The number of amides is 1. The molecule has 1 N–H and O–H groups in total. The fraction of sp³-hybridized carbons (Fsp3) is 0.778. The highest BCUT2D eigenvalue weighted by atomic mass is 32.2. The molecule has 0 bridgehead atoms. The number of thioether (sulfide) groups is 1. The molecule has 2 atom stereocenters. The lowest BCUT2D eigenvalue weighted by molar-refractivity contribution is -0.120. The molecular formula is C9H14N2OS. The predicted molar refractivity (Wildman–Crippen MR) is 53.3 cm³/mol. The number of nitrogens with zero attached hydrogens (tertiary/aromatic N) is 1. The lowest BCUT2D eigenvalue weighted by Gasteiger charge is -2.10. The van der Waals surface area contributed by atoms with Gasteiger partial charge in [0.15, 0.2) is 0 Å². The standard InChI is InChI=1S/C9H14N2OS/c1-7(5-10)6-11-9(12)8-3-2-4-13-8/h7-8H,2-4,6H2,1H3,(H,11,12). The maximum atomic E-state index is 11.4. The summed E-state index contributed by atoms with van der Waals surface area (Å²) in [5.74, 6) is 1.10. The summed E-state index contributed by atoms with van der Waals surface area (Å²) in [5.41, 5.74) is 0. The molecule has 1 fully saturated rings. The van der Waals surface area contributed by atoms with Crippen molar-refractivity contribution in [2.24, 2.45) is 5.92 Å². The Morgan fingerprint density at radius 1 is 1.85 bits per heavy atom. The van der Waals surface area contributed by atoms with E-state index in [1.807, 2.05) is 6.92 Å². The van der Waals surface area contributed by atoms with E-state index in [-0.39, 0.29) is 17.1 Å². The van der Waals surface area contributed by atoms with Gasteiger partial charge in [-0.2, -0.15) is 5.26 Å². The molecule has 1 aliphatic rings. The van der Waals surface area contributed by atoms with Crippen LogP contribution in [-0.2, 0) is 4.79 Å². The molecule has 1 aliphatic heterocycles. The number of nitriles is 1. The van der Waals surface area contributed by atoms with Crippen LogP contribution in [0.2, 0.25) is 0 Å². The summed E-state index contributed by atoms with van der Waals surface area (Å²) in [5, 5.41) is 11.4. The summed E-state index contributed by atoms with van der Waals surface area (Å²) in [6.45, 7) is 2.29. The minimum atomic E-state index is -0.0876. The first-order valence-electron chi connectivity index (χ1n) is 4.53. The summed E-state index contributed by atoms with van der Waals surface area (Å²) < 4.78 is 0. The third kappa shape index (κ3) is 3.27. The van der Waals surface area contributed by atoms with E-state index >= 15 is 0 Å². The highest BCUT2D eigenvalue weighted by molar-refractivity contribution is 8.00. The zero-order valence-electron chi connectivity index (χ0n) is 7.75. The second-order valence-electron chi connectivity index (χ2n) is 3.28. The van der Waals surface area contributed by atoms with Gasteiger partial charge in [-0.3, -0.25) is 4.79 Å². The van der Waals surface area contributed by atoms with Crippen LogP contribution in [0.4, 0.5) is 0 Å². The Balaban J connectivity index is 2.21. The molecule has 0 aromatic rings. The smallest absolute Gasteiger partial charge is 0.233 e. The van der Waals surface area contributed by atoms with Gasteiger partial charge >= 0.3 is 0 Å². The molecule has 0 aliphatic carbocycles. The Hall–Kier alpha value is -0.690. The monoisotopic (exact) mass is 198 g/mol. The van der Waals surface area contributed by atoms with Gasteiger partial charge in [-0.1, -0.05) is 0 Å². The van der Waals surface area contributed by atoms with Crippen molar-refractivity contribution in [3.05, 3.63) is 0 Å². The normalized spacial score (nSPS) is 23.5. The van der Waals surface area contributed by atoms with E-state index in [0.29, 0.717) is 6.54 Å². The molecule has 1 amide bonds. The molecule has 0 aromatic heterocycles. The van der Waals surface area contributed by atoms with E-state index in [2.05, 4.69) is 11.4 Å². The molecule has 3 nitrogen and oxygen atoms in total. The molecule has 0 spiro atoms. The van der Waals surface area contributed by atoms with E-state index < -0.39 is 0 Å². The van der Waals surface area contributed by atoms with Gasteiger partial charge in [0.2, 0.25) is 5.91 Å². The van der Waals surface area contributed by atoms with Gasteiger partial charge < -0.3 is 5.32 Å². The van der Waals surface area contributed by atoms with E-state index in [1.165, 1.54) is 0 Å². The summed E-state index contributed by atoms with van der Waals surface area (Å²) >= 11 is 1.71. The van der Waals surface area contributed by atoms with E-state index in [9.17, 15) is 4.79 Å². The van der Waals surface area contributed by atoms with Gasteiger partial charge in [0, 0.05) is 6.54 Å². The van der Waals surface area contributed by atoms with E-state index in [4.69, 9.17) is 5.26 Å². The summed E-state index contributed by atoms with van der Waals surface area (Å²) in [6.07, 6.45) is 2.12. The molecular weight excluding hydrogens is 184 g/mol. The summed E-state index contributed by atoms with van der Waals surface area (Å²) in [6, 6.07) is 2.09. The second-order valence-corrected chi connectivity index (χ2v) is 4.59. The average Bonchev–Trinajstić information content (AvgIpc) is 2.66. The average molecular weight is 198 g/mol. The number of nitrogens with one attached hydrogen (secondary N) is 1. The van der Waals surface area contributed by atoms with E-state index in [1.54, 1.807) is 11.8 Å². The number of hydrogen-bond donors (Lipinski definition) is 1. The first-order chi connectivity index (χ1) is 6.24. The molecule has 0 radical (unpaired) electrons.